The predicted octanol–water partition coefficient (Wildman–Crippen LogP) is 6.81. The minimum absolute atomic E-state index is 0.0217. The first-order chi connectivity index (χ1) is 12.8. The summed E-state index contributed by atoms with van der Waals surface area (Å²) in [6, 6.07) is 12.5. The highest BCUT2D eigenvalue weighted by Crippen LogP contribution is 2.35. The van der Waals surface area contributed by atoms with Crippen molar-refractivity contribution in [2.75, 3.05) is 4.90 Å². The minimum Gasteiger partial charge on any atom is -0.274 e. The highest BCUT2D eigenvalue weighted by molar-refractivity contribution is 9.10. The van der Waals surface area contributed by atoms with Crippen molar-refractivity contribution < 1.29 is 4.79 Å². The number of rotatable bonds is 5. The molecule has 3 rings (SSSR count). The van der Waals surface area contributed by atoms with Gasteiger partial charge < -0.3 is 0 Å². The van der Waals surface area contributed by atoms with Gasteiger partial charge in [0.15, 0.2) is 5.13 Å². The average molecular weight is 461 g/mol. The van der Waals surface area contributed by atoms with Gasteiger partial charge in [0.1, 0.15) is 0 Å². The second-order valence-electron chi connectivity index (χ2n) is 6.47. The SMILES string of the molecule is CC(=O)N(c1nc(CSc2ccc(Br)cc2)cs1)c1c(C)cc(C)cc1C. The summed E-state index contributed by atoms with van der Waals surface area (Å²) in [6.45, 7) is 7.76. The number of hydrogen-bond acceptors (Lipinski definition) is 4. The van der Waals surface area contributed by atoms with Crippen molar-refractivity contribution in [2.24, 2.45) is 0 Å². The Bertz CT molecular complexity index is 944. The number of carbonyl (C=O) groups excluding carboxylic acids is 1. The van der Waals surface area contributed by atoms with Gasteiger partial charge in [-0.2, -0.15) is 0 Å². The number of carbonyl (C=O) groups is 1. The Labute approximate surface area is 177 Å². The van der Waals surface area contributed by atoms with Gasteiger partial charge in [0.05, 0.1) is 11.4 Å². The van der Waals surface area contributed by atoms with Crippen LogP contribution in [0.25, 0.3) is 0 Å². The maximum absolute atomic E-state index is 12.4. The van der Waals surface area contributed by atoms with Crippen molar-refractivity contribution in [2.45, 2.75) is 38.3 Å². The highest BCUT2D eigenvalue weighted by Gasteiger charge is 2.21. The van der Waals surface area contributed by atoms with Gasteiger partial charge in [-0.15, -0.1) is 23.1 Å². The molecule has 0 saturated heterocycles. The molecule has 6 heteroatoms. The number of benzene rings is 2. The van der Waals surface area contributed by atoms with Crippen LogP contribution in [0, 0.1) is 20.8 Å². The third-order valence-electron chi connectivity index (χ3n) is 4.11. The van der Waals surface area contributed by atoms with Crippen LogP contribution in [0.1, 0.15) is 29.3 Å². The van der Waals surface area contributed by atoms with Crippen LogP contribution in [0.5, 0.6) is 0 Å². The van der Waals surface area contributed by atoms with E-state index >= 15 is 0 Å². The van der Waals surface area contributed by atoms with Crippen molar-refractivity contribution in [3.8, 4) is 0 Å². The van der Waals surface area contributed by atoms with Gasteiger partial charge in [-0.25, -0.2) is 4.98 Å². The summed E-state index contributed by atoms with van der Waals surface area (Å²) in [4.78, 5) is 20.1. The normalized spacial score (nSPS) is 10.9. The van der Waals surface area contributed by atoms with Gasteiger partial charge >= 0.3 is 0 Å². The molecule has 0 fully saturated rings. The molecule has 1 amide bonds. The molecule has 0 aliphatic rings. The summed E-state index contributed by atoms with van der Waals surface area (Å²) in [5.41, 5.74) is 5.29. The number of aromatic nitrogens is 1. The van der Waals surface area contributed by atoms with E-state index in [0.29, 0.717) is 0 Å². The fourth-order valence-electron chi connectivity index (χ4n) is 3.07. The molecule has 0 aliphatic heterocycles. The monoisotopic (exact) mass is 460 g/mol. The van der Waals surface area contributed by atoms with Gasteiger partial charge in [-0.1, -0.05) is 33.6 Å². The summed E-state index contributed by atoms with van der Waals surface area (Å²) in [5.74, 6) is 0.752. The fraction of sp³-hybridized carbons (Fsp3) is 0.238. The largest absolute Gasteiger partial charge is 0.274 e. The van der Waals surface area contributed by atoms with Gasteiger partial charge in [0.25, 0.3) is 0 Å². The van der Waals surface area contributed by atoms with E-state index in [9.17, 15) is 4.79 Å². The van der Waals surface area contributed by atoms with E-state index in [0.717, 1.165) is 37.9 Å². The van der Waals surface area contributed by atoms with Crippen LogP contribution in [-0.4, -0.2) is 10.9 Å². The second-order valence-corrected chi connectivity index (χ2v) is 9.27. The zero-order valence-electron chi connectivity index (χ0n) is 15.7. The van der Waals surface area contributed by atoms with Gasteiger partial charge in [0, 0.05) is 27.4 Å². The molecule has 1 aromatic heterocycles. The summed E-state index contributed by atoms with van der Waals surface area (Å²) < 4.78 is 1.07. The summed E-state index contributed by atoms with van der Waals surface area (Å²) >= 11 is 6.71. The molecule has 0 unspecified atom stereocenters. The van der Waals surface area contributed by atoms with Crippen LogP contribution in [0.2, 0.25) is 0 Å². The van der Waals surface area contributed by atoms with E-state index in [4.69, 9.17) is 4.98 Å². The molecule has 0 bridgehead atoms. The minimum atomic E-state index is -0.0217. The molecular formula is C21H21BrN2OS2. The summed E-state index contributed by atoms with van der Waals surface area (Å²) in [7, 11) is 0. The Hall–Kier alpha value is -1.63. The van der Waals surface area contributed by atoms with Crippen molar-refractivity contribution in [3.63, 3.8) is 0 Å². The average Bonchev–Trinajstić information content (AvgIpc) is 3.05. The summed E-state index contributed by atoms with van der Waals surface area (Å²) in [5, 5.41) is 2.76. The second kappa shape index (κ2) is 8.59. The van der Waals surface area contributed by atoms with Gasteiger partial charge in [-0.05, 0) is 56.2 Å². The summed E-state index contributed by atoms with van der Waals surface area (Å²) in [6.07, 6.45) is 0. The predicted molar refractivity (Wildman–Crippen MR) is 119 cm³/mol. The molecule has 0 saturated carbocycles. The van der Waals surface area contributed by atoms with Crippen LogP contribution in [-0.2, 0) is 10.5 Å². The molecule has 0 spiro atoms. The molecular weight excluding hydrogens is 440 g/mol. The zero-order valence-corrected chi connectivity index (χ0v) is 19.0. The molecule has 0 N–H and O–H groups in total. The third kappa shape index (κ3) is 4.81. The lowest BCUT2D eigenvalue weighted by Gasteiger charge is -2.23. The molecule has 0 atom stereocenters. The number of thiazole rings is 1. The van der Waals surface area contributed by atoms with Crippen molar-refractivity contribution in [1.82, 2.24) is 4.98 Å². The topological polar surface area (TPSA) is 33.2 Å². The van der Waals surface area contributed by atoms with Gasteiger partial charge in [0.2, 0.25) is 5.91 Å². The lowest BCUT2D eigenvalue weighted by molar-refractivity contribution is -0.115. The number of anilines is 2. The maximum atomic E-state index is 12.4. The third-order valence-corrected chi connectivity index (χ3v) is 6.55. The number of thioether (sulfide) groups is 1. The van der Waals surface area contributed by atoms with Crippen LogP contribution in [0.4, 0.5) is 10.8 Å². The molecule has 1 heterocycles. The zero-order chi connectivity index (χ0) is 19.6. The molecule has 0 radical (unpaired) electrons. The Morgan fingerprint density at radius 3 is 2.37 bits per heavy atom. The van der Waals surface area contributed by atoms with E-state index < -0.39 is 0 Å². The maximum Gasteiger partial charge on any atom is 0.230 e. The Kier molecular flexibility index (Phi) is 6.40. The molecule has 140 valence electrons. The first kappa shape index (κ1) is 20.1. The molecule has 27 heavy (non-hydrogen) atoms. The lowest BCUT2D eigenvalue weighted by atomic mass is 10.0. The number of aryl methyl sites for hydroxylation is 3. The van der Waals surface area contributed by atoms with Crippen LogP contribution in [0.3, 0.4) is 0 Å². The number of halogens is 1. The molecule has 2 aromatic carbocycles. The van der Waals surface area contributed by atoms with Crippen molar-refractivity contribution >= 4 is 55.8 Å². The van der Waals surface area contributed by atoms with Gasteiger partial charge in [-0.3, -0.25) is 9.69 Å². The number of amides is 1. The van der Waals surface area contributed by atoms with Crippen LogP contribution < -0.4 is 4.90 Å². The molecule has 3 nitrogen and oxygen atoms in total. The standard InChI is InChI=1S/C21H21BrN2OS2/c1-13-9-14(2)20(15(3)10-13)24(16(4)25)21-23-18(12-27-21)11-26-19-7-5-17(22)6-8-19/h5-10,12H,11H2,1-4H3. The lowest BCUT2D eigenvalue weighted by Crippen LogP contribution is -2.24. The van der Waals surface area contributed by atoms with Crippen LogP contribution >= 0.6 is 39.0 Å². The Morgan fingerprint density at radius 1 is 1.15 bits per heavy atom. The smallest absolute Gasteiger partial charge is 0.230 e. The van der Waals surface area contributed by atoms with Crippen LogP contribution in [0.15, 0.2) is 51.1 Å². The fourth-order valence-corrected chi connectivity index (χ4v) is 5.10. The van der Waals surface area contributed by atoms with E-state index in [1.807, 2.05) is 31.4 Å². The quantitative estimate of drug-likeness (QED) is 0.392. The molecule has 3 aromatic rings. The van der Waals surface area contributed by atoms with E-state index in [-0.39, 0.29) is 5.91 Å². The van der Waals surface area contributed by atoms with E-state index in [1.165, 1.54) is 21.8 Å². The first-order valence-corrected chi connectivity index (χ1v) is 11.2. The van der Waals surface area contributed by atoms with Crippen molar-refractivity contribution in [3.05, 3.63) is 68.6 Å². The number of hydrogen-bond donors (Lipinski definition) is 0. The van der Waals surface area contributed by atoms with E-state index in [1.54, 1.807) is 23.6 Å². The molecule has 0 aliphatic carbocycles. The highest BCUT2D eigenvalue weighted by atomic mass is 79.9. The first-order valence-electron chi connectivity index (χ1n) is 8.56. The Morgan fingerprint density at radius 2 is 1.78 bits per heavy atom. The Balaban J connectivity index is 1.84. The van der Waals surface area contributed by atoms with E-state index in [2.05, 4.69) is 47.1 Å². The number of nitrogens with zero attached hydrogens (tertiary/aromatic N) is 2. The van der Waals surface area contributed by atoms with Crippen molar-refractivity contribution in [1.29, 1.82) is 0 Å².